The average molecular weight is 197 g/mol. The highest BCUT2D eigenvalue weighted by molar-refractivity contribution is 5.94. The van der Waals surface area contributed by atoms with Gasteiger partial charge in [0.15, 0.2) is 0 Å². The van der Waals surface area contributed by atoms with Crippen molar-refractivity contribution < 1.29 is 14.3 Å². The van der Waals surface area contributed by atoms with E-state index in [2.05, 4.69) is 5.32 Å². The zero-order valence-electron chi connectivity index (χ0n) is 8.41. The van der Waals surface area contributed by atoms with Gasteiger partial charge in [-0.1, -0.05) is 0 Å². The van der Waals surface area contributed by atoms with E-state index in [0.717, 1.165) is 0 Å². The minimum Gasteiger partial charge on any atom is -0.472 e. The summed E-state index contributed by atoms with van der Waals surface area (Å²) in [6.07, 6.45) is 3.37. The first-order valence-corrected chi connectivity index (χ1v) is 4.51. The van der Waals surface area contributed by atoms with E-state index in [1.807, 2.05) is 13.8 Å². The van der Waals surface area contributed by atoms with Crippen molar-refractivity contribution in [1.82, 2.24) is 5.32 Å². The van der Waals surface area contributed by atoms with Crippen molar-refractivity contribution in [3.8, 4) is 0 Å². The third-order valence-electron chi connectivity index (χ3n) is 1.97. The molecule has 0 unspecified atom stereocenters. The molecule has 0 radical (unpaired) electrons. The third kappa shape index (κ3) is 2.88. The number of amides is 1. The van der Waals surface area contributed by atoms with Gasteiger partial charge in [0.25, 0.3) is 5.91 Å². The number of hydrogen-bond donors (Lipinski definition) is 2. The Labute approximate surface area is 82.9 Å². The standard InChI is InChI=1S/C10H15NO3/c1-10(2,4-5-12)11-9(13)8-3-6-14-7-8/h3,6-7,12H,4-5H2,1-2H3,(H,11,13). The van der Waals surface area contributed by atoms with Gasteiger partial charge in [0, 0.05) is 12.1 Å². The molecule has 0 aliphatic rings. The molecule has 1 aromatic rings. The van der Waals surface area contributed by atoms with E-state index < -0.39 is 5.54 Å². The fourth-order valence-corrected chi connectivity index (χ4v) is 1.12. The Morgan fingerprint density at radius 2 is 2.36 bits per heavy atom. The molecule has 1 rings (SSSR count). The van der Waals surface area contributed by atoms with Gasteiger partial charge in [-0.05, 0) is 26.3 Å². The maximum absolute atomic E-state index is 11.5. The molecule has 0 saturated carbocycles. The minimum absolute atomic E-state index is 0.0542. The molecule has 2 N–H and O–H groups in total. The first-order chi connectivity index (χ1) is 6.55. The number of hydrogen-bond acceptors (Lipinski definition) is 3. The van der Waals surface area contributed by atoms with Crippen LogP contribution in [0.3, 0.4) is 0 Å². The van der Waals surface area contributed by atoms with E-state index >= 15 is 0 Å². The second kappa shape index (κ2) is 4.28. The SMILES string of the molecule is CC(C)(CCO)NC(=O)c1ccoc1. The molecule has 0 aliphatic carbocycles. The first kappa shape index (κ1) is 10.8. The first-order valence-electron chi connectivity index (χ1n) is 4.51. The van der Waals surface area contributed by atoms with Crippen LogP contribution in [0.5, 0.6) is 0 Å². The van der Waals surface area contributed by atoms with E-state index in [4.69, 9.17) is 9.52 Å². The lowest BCUT2D eigenvalue weighted by Crippen LogP contribution is -2.43. The summed E-state index contributed by atoms with van der Waals surface area (Å²) in [6, 6.07) is 1.60. The second-order valence-corrected chi connectivity index (χ2v) is 3.82. The zero-order chi connectivity index (χ0) is 10.6. The summed E-state index contributed by atoms with van der Waals surface area (Å²) >= 11 is 0. The molecule has 4 nitrogen and oxygen atoms in total. The predicted octanol–water partition coefficient (Wildman–Crippen LogP) is 1.17. The van der Waals surface area contributed by atoms with Crippen molar-refractivity contribution in [1.29, 1.82) is 0 Å². The maximum atomic E-state index is 11.5. The highest BCUT2D eigenvalue weighted by Gasteiger charge is 2.20. The van der Waals surface area contributed by atoms with Crippen molar-refractivity contribution in [2.45, 2.75) is 25.8 Å². The molecule has 0 atom stereocenters. The molecule has 14 heavy (non-hydrogen) atoms. The molecular weight excluding hydrogens is 182 g/mol. The predicted molar refractivity (Wildman–Crippen MR) is 52.0 cm³/mol. The van der Waals surface area contributed by atoms with Gasteiger partial charge in [-0.2, -0.15) is 0 Å². The normalized spacial score (nSPS) is 11.4. The monoisotopic (exact) mass is 197 g/mol. The van der Waals surface area contributed by atoms with Gasteiger partial charge in [-0.15, -0.1) is 0 Å². The summed E-state index contributed by atoms with van der Waals surface area (Å²) < 4.78 is 4.80. The van der Waals surface area contributed by atoms with Crippen LogP contribution in [0.2, 0.25) is 0 Å². The van der Waals surface area contributed by atoms with Gasteiger partial charge in [0.05, 0.1) is 11.8 Å². The summed E-state index contributed by atoms with van der Waals surface area (Å²) in [4.78, 5) is 11.5. The Hall–Kier alpha value is -1.29. The lowest BCUT2D eigenvalue weighted by atomic mass is 10.0. The number of furan rings is 1. The lowest BCUT2D eigenvalue weighted by Gasteiger charge is -2.24. The fraction of sp³-hybridized carbons (Fsp3) is 0.500. The molecule has 0 bridgehead atoms. The quantitative estimate of drug-likeness (QED) is 0.761. The second-order valence-electron chi connectivity index (χ2n) is 3.82. The molecule has 0 aliphatic heterocycles. The number of aliphatic hydroxyl groups excluding tert-OH is 1. The smallest absolute Gasteiger partial charge is 0.254 e. The van der Waals surface area contributed by atoms with Gasteiger partial charge in [0.2, 0.25) is 0 Å². The Kier molecular flexibility index (Phi) is 3.30. The molecule has 4 heteroatoms. The Morgan fingerprint density at radius 1 is 1.64 bits per heavy atom. The number of carbonyl (C=O) groups is 1. The molecule has 78 valence electrons. The van der Waals surface area contributed by atoms with Crippen LogP contribution in [-0.4, -0.2) is 23.2 Å². The van der Waals surface area contributed by atoms with Gasteiger partial charge in [0.1, 0.15) is 6.26 Å². The summed E-state index contributed by atoms with van der Waals surface area (Å²) in [5.41, 5.74) is 0.0966. The zero-order valence-corrected chi connectivity index (χ0v) is 8.41. The summed E-state index contributed by atoms with van der Waals surface area (Å²) in [7, 11) is 0. The van der Waals surface area contributed by atoms with Crippen molar-refractivity contribution in [3.05, 3.63) is 24.2 Å². The molecule has 1 aromatic heterocycles. The van der Waals surface area contributed by atoms with Crippen LogP contribution in [0.4, 0.5) is 0 Å². The van der Waals surface area contributed by atoms with Gasteiger partial charge >= 0.3 is 0 Å². The Morgan fingerprint density at radius 3 is 2.86 bits per heavy atom. The van der Waals surface area contributed by atoms with E-state index in [-0.39, 0.29) is 12.5 Å². The number of aliphatic hydroxyl groups is 1. The summed E-state index contributed by atoms with van der Waals surface area (Å²) in [5.74, 6) is -0.183. The van der Waals surface area contributed by atoms with E-state index in [9.17, 15) is 4.79 Å². The van der Waals surface area contributed by atoms with Crippen LogP contribution in [-0.2, 0) is 0 Å². The fourth-order valence-electron chi connectivity index (χ4n) is 1.12. The lowest BCUT2D eigenvalue weighted by molar-refractivity contribution is 0.0899. The van der Waals surface area contributed by atoms with Crippen LogP contribution in [0.25, 0.3) is 0 Å². The topological polar surface area (TPSA) is 62.5 Å². The Bertz CT molecular complexity index is 290. The number of rotatable bonds is 4. The van der Waals surface area contributed by atoms with Gasteiger partial charge in [-0.25, -0.2) is 0 Å². The molecule has 1 amide bonds. The highest BCUT2D eigenvalue weighted by Crippen LogP contribution is 2.09. The third-order valence-corrected chi connectivity index (χ3v) is 1.97. The van der Waals surface area contributed by atoms with Gasteiger partial charge < -0.3 is 14.8 Å². The minimum atomic E-state index is -0.400. The van der Waals surface area contributed by atoms with Crippen LogP contribution < -0.4 is 5.32 Å². The Balaban J connectivity index is 2.57. The van der Waals surface area contributed by atoms with Gasteiger partial charge in [-0.3, -0.25) is 4.79 Å². The van der Waals surface area contributed by atoms with Crippen LogP contribution in [0.15, 0.2) is 23.0 Å². The van der Waals surface area contributed by atoms with Crippen LogP contribution in [0, 0.1) is 0 Å². The number of nitrogens with one attached hydrogen (secondary N) is 1. The average Bonchev–Trinajstić information content (AvgIpc) is 2.53. The highest BCUT2D eigenvalue weighted by atomic mass is 16.3. The molecule has 0 saturated heterocycles. The van der Waals surface area contributed by atoms with Crippen molar-refractivity contribution in [2.24, 2.45) is 0 Å². The van der Waals surface area contributed by atoms with E-state index in [1.165, 1.54) is 12.5 Å². The number of carbonyl (C=O) groups excluding carboxylic acids is 1. The summed E-state index contributed by atoms with van der Waals surface area (Å²) in [6.45, 7) is 3.78. The largest absolute Gasteiger partial charge is 0.472 e. The summed E-state index contributed by atoms with van der Waals surface area (Å²) in [5, 5.41) is 11.6. The molecule has 0 fully saturated rings. The van der Waals surface area contributed by atoms with Crippen molar-refractivity contribution >= 4 is 5.91 Å². The van der Waals surface area contributed by atoms with Crippen molar-refractivity contribution in [2.75, 3.05) is 6.61 Å². The molecular formula is C10H15NO3. The van der Waals surface area contributed by atoms with Crippen LogP contribution >= 0.6 is 0 Å². The van der Waals surface area contributed by atoms with E-state index in [1.54, 1.807) is 6.07 Å². The molecule has 1 heterocycles. The maximum Gasteiger partial charge on any atom is 0.254 e. The van der Waals surface area contributed by atoms with E-state index in [0.29, 0.717) is 12.0 Å². The molecule has 0 spiro atoms. The van der Waals surface area contributed by atoms with Crippen molar-refractivity contribution in [3.63, 3.8) is 0 Å². The molecule has 0 aromatic carbocycles. The van der Waals surface area contributed by atoms with Crippen LogP contribution in [0.1, 0.15) is 30.6 Å².